The van der Waals surface area contributed by atoms with Crippen LogP contribution in [0.2, 0.25) is 0 Å². The molecule has 0 radical (unpaired) electrons. The highest BCUT2D eigenvalue weighted by molar-refractivity contribution is 6.00. The monoisotopic (exact) mass is 274 g/mol. The Balaban J connectivity index is 2.46. The molecule has 0 heterocycles. The molecule has 0 amide bonds. The smallest absolute Gasteiger partial charge is 0.454 e. The van der Waals surface area contributed by atoms with Gasteiger partial charge in [-0.05, 0) is 30.7 Å². The fraction of sp³-hybridized carbons (Fsp3) is 0.500. The Morgan fingerprint density at radius 2 is 1.74 bits per heavy atom. The second-order valence-electron chi connectivity index (χ2n) is 4.26. The third kappa shape index (κ3) is 5.32. The maximum Gasteiger partial charge on any atom is 0.454 e. The summed E-state index contributed by atoms with van der Waals surface area (Å²) < 4.78 is 41.9. The van der Waals surface area contributed by atoms with Gasteiger partial charge in [0.1, 0.15) is 5.75 Å². The van der Waals surface area contributed by atoms with Crippen molar-refractivity contribution in [1.82, 2.24) is 0 Å². The zero-order chi connectivity index (χ0) is 14.3. The van der Waals surface area contributed by atoms with Crippen LogP contribution >= 0.6 is 0 Å². The van der Waals surface area contributed by atoms with Crippen molar-refractivity contribution in [2.75, 3.05) is 6.61 Å². The lowest BCUT2D eigenvalue weighted by Gasteiger charge is -2.08. The highest BCUT2D eigenvalue weighted by Gasteiger charge is 2.39. The largest absolute Gasteiger partial charge is 0.494 e. The summed E-state index contributed by atoms with van der Waals surface area (Å²) in [6.45, 7) is 2.64. The van der Waals surface area contributed by atoms with Crippen LogP contribution in [0.1, 0.15) is 43.0 Å². The number of carbonyl (C=O) groups excluding carboxylic acids is 1. The van der Waals surface area contributed by atoms with E-state index in [1.54, 1.807) is 0 Å². The molecule has 106 valence electrons. The van der Waals surface area contributed by atoms with Crippen molar-refractivity contribution >= 4 is 5.78 Å². The minimum atomic E-state index is -4.83. The maximum absolute atomic E-state index is 12.2. The van der Waals surface area contributed by atoms with Crippen molar-refractivity contribution in [2.45, 2.75) is 38.8 Å². The number of hydrogen-bond acceptors (Lipinski definition) is 2. The minimum Gasteiger partial charge on any atom is -0.494 e. The van der Waals surface area contributed by atoms with Crippen molar-refractivity contribution in [3.63, 3.8) is 0 Å². The highest BCUT2D eigenvalue weighted by atomic mass is 19.4. The summed E-state index contributed by atoms with van der Waals surface area (Å²) in [6, 6.07) is 5.05. The first-order valence-corrected chi connectivity index (χ1v) is 6.29. The Kier molecular flexibility index (Phi) is 5.86. The predicted molar refractivity (Wildman–Crippen MR) is 66.5 cm³/mol. The standard InChI is InChI=1S/C14H17F3O2/c1-2-3-4-5-10-19-12-8-6-11(7-9-12)13(18)14(15,16)17/h6-9H,2-5,10H2,1H3. The van der Waals surface area contributed by atoms with Crippen molar-refractivity contribution < 1.29 is 22.7 Å². The van der Waals surface area contributed by atoms with E-state index in [1.807, 2.05) is 0 Å². The summed E-state index contributed by atoms with van der Waals surface area (Å²) >= 11 is 0. The number of alkyl halides is 3. The van der Waals surface area contributed by atoms with Gasteiger partial charge >= 0.3 is 6.18 Å². The molecular weight excluding hydrogens is 257 g/mol. The SMILES string of the molecule is CCCCCCOc1ccc(C(=O)C(F)(F)F)cc1. The molecule has 0 aliphatic carbocycles. The number of hydrogen-bond donors (Lipinski definition) is 0. The molecular formula is C14H17F3O2. The van der Waals surface area contributed by atoms with E-state index in [1.165, 1.54) is 12.1 Å². The molecule has 0 saturated heterocycles. The molecule has 0 atom stereocenters. The van der Waals surface area contributed by atoms with E-state index >= 15 is 0 Å². The van der Waals surface area contributed by atoms with Gasteiger partial charge in [0, 0.05) is 5.56 Å². The summed E-state index contributed by atoms with van der Waals surface area (Å²) in [7, 11) is 0. The lowest BCUT2D eigenvalue weighted by molar-refractivity contribution is -0.0885. The summed E-state index contributed by atoms with van der Waals surface area (Å²) in [5.74, 6) is -1.35. The number of unbranched alkanes of at least 4 members (excludes halogenated alkanes) is 3. The molecule has 0 aliphatic heterocycles. The van der Waals surface area contributed by atoms with Gasteiger partial charge in [0.2, 0.25) is 0 Å². The third-order valence-electron chi connectivity index (χ3n) is 2.64. The molecule has 0 fully saturated rings. The number of ketones is 1. The van der Waals surface area contributed by atoms with Gasteiger partial charge in [0.05, 0.1) is 6.61 Å². The minimum absolute atomic E-state index is 0.370. The van der Waals surface area contributed by atoms with E-state index in [4.69, 9.17) is 4.74 Å². The van der Waals surface area contributed by atoms with Gasteiger partial charge in [0.15, 0.2) is 0 Å². The number of ether oxygens (including phenoxy) is 1. The Morgan fingerprint density at radius 1 is 1.11 bits per heavy atom. The molecule has 1 aromatic rings. The van der Waals surface area contributed by atoms with Gasteiger partial charge < -0.3 is 4.74 Å². The van der Waals surface area contributed by atoms with Gasteiger partial charge in [-0.2, -0.15) is 13.2 Å². The van der Waals surface area contributed by atoms with Crippen LogP contribution in [0, 0.1) is 0 Å². The van der Waals surface area contributed by atoms with E-state index < -0.39 is 12.0 Å². The van der Waals surface area contributed by atoms with Crippen molar-refractivity contribution in [3.8, 4) is 5.75 Å². The predicted octanol–water partition coefficient (Wildman–Crippen LogP) is 4.39. The van der Waals surface area contributed by atoms with Gasteiger partial charge in [0.25, 0.3) is 5.78 Å². The first-order valence-electron chi connectivity index (χ1n) is 6.29. The molecule has 0 N–H and O–H groups in total. The van der Waals surface area contributed by atoms with Crippen molar-refractivity contribution in [3.05, 3.63) is 29.8 Å². The summed E-state index contributed by atoms with van der Waals surface area (Å²) in [5.41, 5.74) is -0.370. The zero-order valence-corrected chi connectivity index (χ0v) is 10.8. The van der Waals surface area contributed by atoms with Gasteiger partial charge in [-0.15, -0.1) is 0 Å². The lowest BCUT2D eigenvalue weighted by Crippen LogP contribution is -2.22. The zero-order valence-electron chi connectivity index (χ0n) is 10.8. The van der Waals surface area contributed by atoms with Gasteiger partial charge in [-0.1, -0.05) is 26.2 Å². The number of benzene rings is 1. The highest BCUT2D eigenvalue weighted by Crippen LogP contribution is 2.23. The molecule has 1 rings (SSSR count). The van der Waals surface area contributed by atoms with Gasteiger partial charge in [-0.3, -0.25) is 4.79 Å². The third-order valence-corrected chi connectivity index (χ3v) is 2.64. The fourth-order valence-corrected chi connectivity index (χ4v) is 1.59. The average molecular weight is 274 g/mol. The topological polar surface area (TPSA) is 26.3 Å². The molecule has 0 saturated carbocycles. The van der Waals surface area contributed by atoms with E-state index in [-0.39, 0.29) is 5.56 Å². The molecule has 5 heteroatoms. The van der Waals surface area contributed by atoms with Crippen molar-refractivity contribution in [2.24, 2.45) is 0 Å². The van der Waals surface area contributed by atoms with Crippen LogP contribution in [0.3, 0.4) is 0 Å². The fourth-order valence-electron chi connectivity index (χ4n) is 1.59. The summed E-state index contributed by atoms with van der Waals surface area (Å²) in [5, 5.41) is 0. The molecule has 0 spiro atoms. The summed E-state index contributed by atoms with van der Waals surface area (Å²) in [4.78, 5) is 10.9. The molecule has 2 nitrogen and oxygen atoms in total. The summed E-state index contributed by atoms with van der Waals surface area (Å²) in [6.07, 6.45) is -0.572. The first-order chi connectivity index (χ1) is 8.95. The normalized spacial score (nSPS) is 11.4. The van der Waals surface area contributed by atoms with E-state index in [0.29, 0.717) is 12.4 Å². The number of halogens is 3. The van der Waals surface area contributed by atoms with Crippen LogP contribution < -0.4 is 4.74 Å². The lowest BCUT2D eigenvalue weighted by atomic mass is 10.1. The van der Waals surface area contributed by atoms with Crippen LogP contribution in [0.15, 0.2) is 24.3 Å². The Labute approximate surface area is 110 Å². The number of Topliss-reactive ketones (excluding diaryl/α,β-unsaturated/α-hetero) is 1. The Hall–Kier alpha value is -1.52. The van der Waals surface area contributed by atoms with Crippen LogP contribution in [-0.4, -0.2) is 18.6 Å². The molecule has 1 aromatic carbocycles. The number of rotatable bonds is 7. The van der Waals surface area contributed by atoms with Crippen LogP contribution in [0.25, 0.3) is 0 Å². The van der Waals surface area contributed by atoms with Crippen LogP contribution in [-0.2, 0) is 0 Å². The molecule has 0 aromatic heterocycles. The molecule has 0 bridgehead atoms. The number of carbonyl (C=O) groups is 1. The first kappa shape index (κ1) is 15.5. The molecule has 19 heavy (non-hydrogen) atoms. The van der Waals surface area contributed by atoms with E-state index in [9.17, 15) is 18.0 Å². The second-order valence-corrected chi connectivity index (χ2v) is 4.26. The maximum atomic E-state index is 12.2. The van der Waals surface area contributed by atoms with Crippen molar-refractivity contribution in [1.29, 1.82) is 0 Å². The Bertz CT molecular complexity index is 396. The molecule has 0 unspecified atom stereocenters. The van der Waals surface area contributed by atoms with E-state index in [2.05, 4.69) is 6.92 Å². The average Bonchev–Trinajstić information content (AvgIpc) is 2.37. The van der Waals surface area contributed by atoms with Crippen LogP contribution in [0.4, 0.5) is 13.2 Å². The Morgan fingerprint density at radius 3 is 2.26 bits per heavy atom. The quantitative estimate of drug-likeness (QED) is 0.544. The molecule has 0 aliphatic rings. The second kappa shape index (κ2) is 7.16. The van der Waals surface area contributed by atoms with E-state index in [0.717, 1.165) is 37.8 Å². The van der Waals surface area contributed by atoms with Gasteiger partial charge in [-0.25, -0.2) is 0 Å². The van der Waals surface area contributed by atoms with Crippen LogP contribution in [0.5, 0.6) is 5.75 Å².